The highest BCUT2D eigenvalue weighted by atomic mass is 19.1. The van der Waals surface area contributed by atoms with Crippen molar-refractivity contribution in [3.05, 3.63) is 77.8 Å². The molecule has 1 aromatic heterocycles. The minimum atomic E-state index is -0.414. The van der Waals surface area contributed by atoms with Crippen molar-refractivity contribution < 1.29 is 18.4 Å². The molecule has 0 saturated heterocycles. The molecule has 1 heterocycles. The summed E-state index contributed by atoms with van der Waals surface area (Å²) in [6, 6.07) is 16.3. The van der Waals surface area contributed by atoms with Crippen LogP contribution in [-0.4, -0.2) is 30.3 Å². The van der Waals surface area contributed by atoms with Crippen LogP contribution < -0.4 is 5.32 Å². The van der Waals surface area contributed by atoms with Crippen LogP contribution >= 0.6 is 0 Å². The van der Waals surface area contributed by atoms with Crippen LogP contribution in [0.4, 0.5) is 10.1 Å². The van der Waals surface area contributed by atoms with Gasteiger partial charge >= 0.3 is 0 Å². The second-order valence-electron chi connectivity index (χ2n) is 6.25. The van der Waals surface area contributed by atoms with Gasteiger partial charge in [-0.1, -0.05) is 17.7 Å². The number of halogens is 1. The number of carbonyl (C=O) groups excluding carboxylic acids is 2. The molecule has 0 aliphatic carbocycles. The number of rotatable bonds is 5. The summed E-state index contributed by atoms with van der Waals surface area (Å²) in [6.07, 6.45) is 0. The lowest BCUT2D eigenvalue weighted by Gasteiger charge is -2.15. The smallest absolute Gasteiger partial charge is 0.289 e. The van der Waals surface area contributed by atoms with Crippen molar-refractivity contribution in [1.29, 1.82) is 0 Å². The van der Waals surface area contributed by atoms with Gasteiger partial charge in [-0.3, -0.25) is 9.59 Å². The van der Waals surface area contributed by atoms with Crippen molar-refractivity contribution in [2.24, 2.45) is 0 Å². The van der Waals surface area contributed by atoms with E-state index in [2.05, 4.69) is 5.32 Å². The van der Waals surface area contributed by atoms with Crippen LogP contribution in [0.2, 0.25) is 0 Å². The minimum absolute atomic E-state index is 0.111. The Morgan fingerprint density at radius 2 is 1.67 bits per heavy atom. The molecule has 0 saturated carbocycles. The number of aryl methyl sites for hydroxylation is 1. The quantitative estimate of drug-likeness (QED) is 0.739. The third-order valence-electron chi connectivity index (χ3n) is 4.01. The fraction of sp³-hybridized carbons (Fsp3) is 0.143. The second-order valence-corrected chi connectivity index (χ2v) is 6.25. The first-order valence-corrected chi connectivity index (χ1v) is 8.40. The Morgan fingerprint density at radius 3 is 2.33 bits per heavy atom. The van der Waals surface area contributed by atoms with E-state index in [1.165, 1.54) is 30.1 Å². The first-order chi connectivity index (χ1) is 12.9. The summed E-state index contributed by atoms with van der Waals surface area (Å²) in [4.78, 5) is 25.9. The van der Waals surface area contributed by atoms with Crippen molar-refractivity contribution in [2.45, 2.75) is 6.92 Å². The Labute approximate surface area is 156 Å². The molecule has 0 spiro atoms. The van der Waals surface area contributed by atoms with Gasteiger partial charge in [-0.25, -0.2) is 4.39 Å². The zero-order valence-electron chi connectivity index (χ0n) is 15.0. The zero-order valence-corrected chi connectivity index (χ0v) is 15.0. The maximum atomic E-state index is 13.0. The van der Waals surface area contributed by atoms with Gasteiger partial charge < -0.3 is 14.6 Å². The summed E-state index contributed by atoms with van der Waals surface area (Å²) >= 11 is 0. The van der Waals surface area contributed by atoms with Gasteiger partial charge in [0.1, 0.15) is 11.6 Å². The van der Waals surface area contributed by atoms with Gasteiger partial charge in [0.05, 0.1) is 6.54 Å². The molecule has 0 atom stereocenters. The maximum absolute atomic E-state index is 13.0. The Hall–Kier alpha value is -3.41. The van der Waals surface area contributed by atoms with Gasteiger partial charge in [0.2, 0.25) is 5.91 Å². The predicted molar refractivity (Wildman–Crippen MR) is 101 cm³/mol. The summed E-state index contributed by atoms with van der Waals surface area (Å²) in [5.41, 5.74) is 2.42. The Bertz CT molecular complexity index is 946. The van der Waals surface area contributed by atoms with Crippen molar-refractivity contribution >= 4 is 17.5 Å². The molecule has 3 rings (SSSR count). The number of nitrogens with zero attached hydrogens (tertiary/aromatic N) is 1. The van der Waals surface area contributed by atoms with Crippen LogP contribution in [0.1, 0.15) is 16.1 Å². The molecule has 0 unspecified atom stereocenters. The average Bonchev–Trinajstić information content (AvgIpc) is 3.13. The van der Waals surface area contributed by atoms with Crippen LogP contribution in [-0.2, 0) is 4.79 Å². The van der Waals surface area contributed by atoms with E-state index < -0.39 is 5.91 Å². The predicted octanol–water partition coefficient (Wildman–Crippen LogP) is 4.10. The topological polar surface area (TPSA) is 62.6 Å². The third kappa shape index (κ3) is 4.61. The number of nitrogens with one attached hydrogen (secondary N) is 1. The average molecular weight is 366 g/mol. The molecule has 0 bridgehead atoms. The van der Waals surface area contributed by atoms with E-state index in [9.17, 15) is 14.0 Å². The summed E-state index contributed by atoms with van der Waals surface area (Å²) in [6.45, 7) is 1.85. The molecule has 138 valence electrons. The number of hydrogen-bond acceptors (Lipinski definition) is 3. The van der Waals surface area contributed by atoms with Crippen LogP contribution in [0.15, 0.2) is 65.1 Å². The second kappa shape index (κ2) is 7.86. The molecule has 5 nitrogen and oxygen atoms in total. The van der Waals surface area contributed by atoms with E-state index in [0.29, 0.717) is 17.0 Å². The molecule has 2 aromatic carbocycles. The first-order valence-electron chi connectivity index (χ1n) is 8.40. The van der Waals surface area contributed by atoms with Crippen molar-refractivity contribution in [3.63, 3.8) is 0 Å². The molecule has 3 aromatic rings. The standard InChI is InChI=1S/C21H19FN2O3/c1-14-3-9-17(10-4-14)23-20(25)13-24(2)21(26)19-12-11-18(27-19)15-5-7-16(22)8-6-15/h3-12H,13H2,1-2H3,(H,23,25). The Kier molecular flexibility index (Phi) is 5.35. The van der Waals surface area contributed by atoms with Gasteiger partial charge in [0.25, 0.3) is 5.91 Å². The molecule has 0 fully saturated rings. The van der Waals surface area contributed by atoms with Gasteiger partial charge in [-0.15, -0.1) is 0 Å². The fourth-order valence-corrected chi connectivity index (χ4v) is 2.53. The molecule has 27 heavy (non-hydrogen) atoms. The number of benzene rings is 2. The van der Waals surface area contributed by atoms with Gasteiger partial charge in [0, 0.05) is 18.3 Å². The zero-order chi connectivity index (χ0) is 19.4. The third-order valence-corrected chi connectivity index (χ3v) is 4.01. The molecule has 0 radical (unpaired) electrons. The summed E-state index contributed by atoms with van der Waals surface area (Å²) in [7, 11) is 1.52. The number of likely N-dealkylation sites (N-methyl/N-ethyl adjacent to an activating group) is 1. The van der Waals surface area contributed by atoms with Crippen LogP contribution in [0.3, 0.4) is 0 Å². The van der Waals surface area contributed by atoms with Crippen molar-refractivity contribution in [3.8, 4) is 11.3 Å². The van der Waals surface area contributed by atoms with Crippen molar-refractivity contribution in [2.75, 3.05) is 18.9 Å². The minimum Gasteiger partial charge on any atom is -0.451 e. The van der Waals surface area contributed by atoms with Gasteiger partial charge in [0.15, 0.2) is 5.76 Å². The van der Waals surface area contributed by atoms with E-state index in [0.717, 1.165) is 5.56 Å². The molecular weight excluding hydrogens is 347 g/mol. The van der Waals surface area contributed by atoms with Crippen LogP contribution in [0.25, 0.3) is 11.3 Å². The number of amides is 2. The highest BCUT2D eigenvalue weighted by Crippen LogP contribution is 2.23. The molecular formula is C21H19FN2O3. The molecule has 1 N–H and O–H groups in total. The summed E-state index contributed by atoms with van der Waals surface area (Å²) in [5, 5.41) is 2.74. The lowest BCUT2D eigenvalue weighted by Crippen LogP contribution is -2.34. The fourth-order valence-electron chi connectivity index (χ4n) is 2.53. The monoisotopic (exact) mass is 366 g/mol. The highest BCUT2D eigenvalue weighted by molar-refractivity contribution is 5.98. The molecule has 0 aliphatic heterocycles. The summed E-state index contributed by atoms with van der Waals surface area (Å²) < 4.78 is 18.6. The van der Waals surface area contributed by atoms with E-state index in [-0.39, 0.29) is 24.0 Å². The number of furan rings is 1. The number of anilines is 1. The SMILES string of the molecule is Cc1ccc(NC(=O)CN(C)C(=O)c2ccc(-c3ccc(F)cc3)o2)cc1. The largest absolute Gasteiger partial charge is 0.451 e. The van der Waals surface area contributed by atoms with Gasteiger partial charge in [-0.05, 0) is 55.5 Å². The number of carbonyl (C=O) groups is 2. The van der Waals surface area contributed by atoms with Crippen LogP contribution in [0, 0.1) is 12.7 Å². The Morgan fingerprint density at radius 1 is 1.00 bits per heavy atom. The lowest BCUT2D eigenvalue weighted by molar-refractivity contribution is -0.116. The normalized spacial score (nSPS) is 10.5. The summed E-state index contributed by atoms with van der Waals surface area (Å²) in [5.74, 6) is -0.501. The maximum Gasteiger partial charge on any atom is 0.289 e. The van der Waals surface area contributed by atoms with Crippen molar-refractivity contribution in [1.82, 2.24) is 4.90 Å². The molecule has 2 amide bonds. The lowest BCUT2D eigenvalue weighted by atomic mass is 10.2. The van der Waals surface area contributed by atoms with E-state index in [1.54, 1.807) is 30.3 Å². The van der Waals surface area contributed by atoms with E-state index in [4.69, 9.17) is 4.42 Å². The Balaban J connectivity index is 1.62. The van der Waals surface area contributed by atoms with E-state index >= 15 is 0 Å². The first kappa shape index (κ1) is 18.4. The number of hydrogen-bond donors (Lipinski definition) is 1. The van der Waals surface area contributed by atoms with E-state index in [1.807, 2.05) is 19.1 Å². The van der Waals surface area contributed by atoms with Gasteiger partial charge in [-0.2, -0.15) is 0 Å². The van der Waals surface area contributed by atoms with Crippen LogP contribution in [0.5, 0.6) is 0 Å². The highest BCUT2D eigenvalue weighted by Gasteiger charge is 2.19. The molecule has 0 aliphatic rings. The molecule has 6 heteroatoms.